The zero-order valence-electron chi connectivity index (χ0n) is 19.5. The summed E-state index contributed by atoms with van der Waals surface area (Å²) in [5, 5.41) is 10.4. The van der Waals surface area contributed by atoms with Crippen molar-refractivity contribution >= 4 is 48.9 Å². The number of fused-ring (bicyclic) bond motifs is 1. The number of anilines is 1. The lowest BCUT2D eigenvalue weighted by Gasteiger charge is -2.16. The number of hydrogen-bond donors (Lipinski definition) is 2. The van der Waals surface area contributed by atoms with Crippen molar-refractivity contribution in [2.75, 3.05) is 18.9 Å². The van der Waals surface area contributed by atoms with E-state index in [9.17, 15) is 4.21 Å². The van der Waals surface area contributed by atoms with Gasteiger partial charge >= 0.3 is 0 Å². The van der Waals surface area contributed by atoms with Gasteiger partial charge in [-0.2, -0.15) is 0 Å². The van der Waals surface area contributed by atoms with E-state index < -0.39 is 9.52 Å². The molecule has 1 atom stereocenters. The van der Waals surface area contributed by atoms with Gasteiger partial charge in [-0.1, -0.05) is 54.1 Å². The monoisotopic (exact) mass is 504 g/mol. The van der Waals surface area contributed by atoms with Crippen LogP contribution in [0.4, 0.5) is 5.69 Å². The van der Waals surface area contributed by atoms with E-state index in [2.05, 4.69) is 24.9 Å². The van der Waals surface area contributed by atoms with Gasteiger partial charge in [0, 0.05) is 49.0 Å². The standard InChI is InChI=1S/C28H28N2O3S2/c1-20-11-14-23(15-12-20)34-33-18-6-17-32-22-13-16-26(29)25(19-22)28(30)35(2,31)27-10-5-8-21-7-3-4-9-24(21)27/h3-5,7-16,19,30H,2,6,17-18,29H2,1H3. The van der Waals surface area contributed by atoms with Gasteiger partial charge in [0.05, 0.1) is 13.2 Å². The van der Waals surface area contributed by atoms with Crippen molar-refractivity contribution in [2.45, 2.75) is 23.1 Å². The Morgan fingerprint density at radius 2 is 1.74 bits per heavy atom. The molecule has 0 fully saturated rings. The van der Waals surface area contributed by atoms with Gasteiger partial charge in [-0.25, -0.2) is 0 Å². The predicted molar refractivity (Wildman–Crippen MR) is 148 cm³/mol. The number of aryl methyl sites for hydroxylation is 1. The summed E-state index contributed by atoms with van der Waals surface area (Å²) in [6.07, 6.45) is 0.693. The van der Waals surface area contributed by atoms with E-state index in [-0.39, 0.29) is 5.04 Å². The van der Waals surface area contributed by atoms with Crippen LogP contribution >= 0.6 is 12.0 Å². The van der Waals surface area contributed by atoms with Gasteiger partial charge < -0.3 is 14.7 Å². The Hall–Kier alpha value is -3.26. The van der Waals surface area contributed by atoms with Crippen LogP contribution in [0.1, 0.15) is 17.5 Å². The molecule has 7 heteroatoms. The molecule has 35 heavy (non-hydrogen) atoms. The summed E-state index contributed by atoms with van der Waals surface area (Å²) in [5.74, 6) is 4.51. The van der Waals surface area contributed by atoms with Crippen LogP contribution < -0.4 is 10.5 Å². The maximum Gasteiger partial charge on any atom is 0.124 e. The van der Waals surface area contributed by atoms with E-state index in [1.54, 1.807) is 24.3 Å². The second kappa shape index (κ2) is 11.0. The molecule has 0 radical (unpaired) electrons. The topological polar surface area (TPSA) is 85.4 Å². The molecular weight excluding hydrogens is 476 g/mol. The number of nitrogen functional groups attached to an aromatic ring is 1. The number of nitrogens with one attached hydrogen (secondary N) is 1. The molecule has 5 nitrogen and oxygen atoms in total. The molecule has 4 aromatic rings. The lowest BCUT2D eigenvalue weighted by molar-refractivity contribution is 0.267. The number of benzene rings is 4. The number of nitrogens with two attached hydrogens (primary N) is 1. The van der Waals surface area contributed by atoms with Crippen LogP contribution in [0.15, 0.2) is 94.7 Å². The number of ether oxygens (including phenoxy) is 1. The second-order valence-corrected chi connectivity index (χ2v) is 11.2. The Bertz CT molecular complexity index is 1440. The van der Waals surface area contributed by atoms with E-state index >= 15 is 0 Å². The fraction of sp³-hybridized carbons (Fsp3) is 0.143. The molecule has 0 amide bonds. The summed E-state index contributed by atoms with van der Waals surface area (Å²) in [4.78, 5) is 1.58. The Balaban J connectivity index is 1.40. The van der Waals surface area contributed by atoms with Crippen LogP contribution in [0.3, 0.4) is 0 Å². The summed E-state index contributed by atoms with van der Waals surface area (Å²) >= 11 is 1.35. The first-order chi connectivity index (χ1) is 16.9. The minimum Gasteiger partial charge on any atom is -0.493 e. The minimum atomic E-state index is -3.09. The molecule has 0 aliphatic rings. The van der Waals surface area contributed by atoms with Crippen LogP contribution in [0, 0.1) is 12.3 Å². The lowest BCUT2D eigenvalue weighted by atomic mass is 10.1. The average molecular weight is 505 g/mol. The highest BCUT2D eigenvalue weighted by molar-refractivity contribution is 8.14. The SMILES string of the molecule is C=S(=O)(C(=N)c1cc(OCCCOSc2ccc(C)cc2)ccc1N)c1cccc2ccccc12. The zero-order valence-corrected chi connectivity index (χ0v) is 21.2. The largest absolute Gasteiger partial charge is 0.493 e. The summed E-state index contributed by atoms with van der Waals surface area (Å²) in [6.45, 7) is 3.02. The normalized spacial score (nSPS) is 12.8. The average Bonchev–Trinajstić information content (AvgIpc) is 2.87. The van der Waals surface area contributed by atoms with E-state index in [4.69, 9.17) is 20.1 Å². The fourth-order valence-corrected chi connectivity index (χ4v) is 5.78. The number of hydrogen-bond acceptors (Lipinski definition) is 6. The first kappa shape index (κ1) is 24.9. The van der Waals surface area contributed by atoms with Crippen molar-refractivity contribution in [1.29, 1.82) is 5.41 Å². The van der Waals surface area contributed by atoms with E-state index in [1.165, 1.54) is 17.6 Å². The third kappa shape index (κ3) is 5.88. The van der Waals surface area contributed by atoms with Crippen LogP contribution in [0.2, 0.25) is 0 Å². The molecule has 0 spiro atoms. The van der Waals surface area contributed by atoms with Crippen molar-refractivity contribution in [3.05, 3.63) is 96.1 Å². The Morgan fingerprint density at radius 1 is 1.00 bits per heavy atom. The van der Waals surface area contributed by atoms with Crippen molar-refractivity contribution < 1.29 is 13.1 Å². The highest BCUT2D eigenvalue weighted by Crippen LogP contribution is 2.29. The van der Waals surface area contributed by atoms with Crippen LogP contribution in [-0.2, 0) is 13.7 Å². The third-order valence-corrected chi connectivity index (χ3v) is 8.22. The van der Waals surface area contributed by atoms with Gasteiger partial charge in [-0.3, -0.25) is 9.62 Å². The smallest absolute Gasteiger partial charge is 0.124 e. The summed E-state index contributed by atoms with van der Waals surface area (Å²) in [6, 6.07) is 26.4. The molecule has 0 saturated carbocycles. The van der Waals surface area contributed by atoms with Crippen LogP contribution in [0.25, 0.3) is 10.8 Å². The summed E-state index contributed by atoms with van der Waals surface area (Å²) in [5.41, 5.74) is 8.10. The zero-order chi connectivity index (χ0) is 24.8. The molecule has 180 valence electrons. The van der Waals surface area contributed by atoms with Gasteiger partial charge in [-0.05, 0) is 60.0 Å². The molecule has 0 bridgehead atoms. The summed E-state index contributed by atoms with van der Waals surface area (Å²) < 4.78 is 25.3. The molecule has 1 unspecified atom stereocenters. The quantitative estimate of drug-likeness (QED) is 0.0695. The molecule has 0 aliphatic carbocycles. The molecule has 4 aromatic carbocycles. The predicted octanol–water partition coefficient (Wildman–Crippen LogP) is 6.32. The molecule has 0 aromatic heterocycles. The molecule has 0 aliphatic heterocycles. The molecule has 4 rings (SSSR count). The van der Waals surface area contributed by atoms with E-state index in [0.717, 1.165) is 15.7 Å². The van der Waals surface area contributed by atoms with E-state index in [1.807, 2.05) is 48.5 Å². The van der Waals surface area contributed by atoms with Crippen molar-refractivity contribution in [1.82, 2.24) is 0 Å². The first-order valence-electron chi connectivity index (χ1n) is 11.2. The van der Waals surface area contributed by atoms with Gasteiger partial charge in [0.25, 0.3) is 0 Å². The van der Waals surface area contributed by atoms with Crippen LogP contribution in [-0.4, -0.2) is 28.3 Å². The second-order valence-electron chi connectivity index (χ2n) is 8.15. The fourth-order valence-electron chi connectivity index (χ4n) is 3.60. The minimum absolute atomic E-state index is 0.116. The third-order valence-electron chi connectivity index (χ3n) is 5.52. The van der Waals surface area contributed by atoms with Gasteiger partial charge in [0.15, 0.2) is 0 Å². The van der Waals surface area contributed by atoms with E-state index in [0.29, 0.717) is 41.5 Å². The Morgan fingerprint density at radius 3 is 2.54 bits per heavy atom. The number of rotatable bonds is 9. The molecule has 0 saturated heterocycles. The van der Waals surface area contributed by atoms with Gasteiger partial charge in [-0.15, -0.1) is 0 Å². The van der Waals surface area contributed by atoms with Gasteiger partial charge in [0.1, 0.15) is 10.8 Å². The molecule has 0 heterocycles. The Kier molecular flexibility index (Phi) is 7.80. The summed E-state index contributed by atoms with van der Waals surface area (Å²) in [7, 11) is -3.09. The van der Waals surface area contributed by atoms with Crippen molar-refractivity contribution in [3.63, 3.8) is 0 Å². The molecular formula is C28H28N2O3S2. The van der Waals surface area contributed by atoms with Gasteiger partial charge in [0.2, 0.25) is 0 Å². The van der Waals surface area contributed by atoms with Crippen molar-refractivity contribution in [3.8, 4) is 5.75 Å². The lowest BCUT2D eigenvalue weighted by Crippen LogP contribution is -2.17. The van der Waals surface area contributed by atoms with Crippen LogP contribution in [0.5, 0.6) is 5.75 Å². The highest BCUT2D eigenvalue weighted by atomic mass is 32.2. The molecule has 3 N–H and O–H groups in total. The van der Waals surface area contributed by atoms with Crippen molar-refractivity contribution in [2.24, 2.45) is 0 Å². The highest BCUT2D eigenvalue weighted by Gasteiger charge is 2.21. The maximum atomic E-state index is 13.8. The maximum absolute atomic E-state index is 13.8. The first-order valence-corrected chi connectivity index (χ1v) is 13.7. The Labute approximate surface area is 211 Å².